The van der Waals surface area contributed by atoms with Gasteiger partial charge in [-0.25, -0.2) is 4.98 Å². The molecule has 1 aliphatic rings. The van der Waals surface area contributed by atoms with E-state index >= 15 is 0 Å². The molecule has 6 heteroatoms. The van der Waals surface area contributed by atoms with Crippen LogP contribution in [0.15, 0.2) is 59.7 Å². The second kappa shape index (κ2) is 6.39. The predicted octanol–water partition coefficient (Wildman–Crippen LogP) is 2.04. The molecule has 0 spiro atoms. The van der Waals surface area contributed by atoms with Crippen molar-refractivity contribution >= 4 is 16.8 Å². The van der Waals surface area contributed by atoms with Crippen molar-refractivity contribution in [1.29, 1.82) is 0 Å². The Bertz CT molecular complexity index is 996. The van der Waals surface area contributed by atoms with Crippen LogP contribution in [0.3, 0.4) is 0 Å². The highest BCUT2D eigenvalue weighted by Gasteiger charge is 2.22. The Morgan fingerprint density at radius 3 is 2.92 bits per heavy atom. The third kappa shape index (κ3) is 2.98. The summed E-state index contributed by atoms with van der Waals surface area (Å²) in [7, 11) is 0. The third-order valence-electron chi connectivity index (χ3n) is 4.34. The van der Waals surface area contributed by atoms with Crippen LogP contribution in [-0.2, 0) is 11.3 Å². The zero-order valence-corrected chi connectivity index (χ0v) is 13.5. The Labute approximate surface area is 144 Å². The Morgan fingerprint density at radius 2 is 2.00 bits per heavy atom. The average molecular weight is 335 g/mol. The predicted molar refractivity (Wildman–Crippen MR) is 93.4 cm³/mol. The molecule has 3 aromatic rings. The lowest BCUT2D eigenvalue weighted by molar-refractivity contribution is -0.122. The number of fused-ring (bicyclic) bond motifs is 2. The molecule has 25 heavy (non-hydrogen) atoms. The molecule has 2 heterocycles. The van der Waals surface area contributed by atoms with Crippen molar-refractivity contribution in [2.75, 3.05) is 6.61 Å². The van der Waals surface area contributed by atoms with Gasteiger partial charge in [-0.1, -0.05) is 30.3 Å². The van der Waals surface area contributed by atoms with Gasteiger partial charge in [-0.05, 0) is 18.2 Å². The number of rotatable bonds is 3. The average Bonchev–Trinajstić information content (AvgIpc) is 2.65. The van der Waals surface area contributed by atoms with Gasteiger partial charge in [-0.15, -0.1) is 0 Å². The topological polar surface area (TPSA) is 73.2 Å². The first-order valence-electron chi connectivity index (χ1n) is 8.17. The van der Waals surface area contributed by atoms with Crippen LogP contribution in [0.25, 0.3) is 10.9 Å². The molecule has 0 saturated heterocycles. The van der Waals surface area contributed by atoms with E-state index in [1.807, 2.05) is 30.3 Å². The second-order valence-corrected chi connectivity index (χ2v) is 5.99. The first-order chi connectivity index (χ1) is 12.2. The van der Waals surface area contributed by atoms with E-state index < -0.39 is 0 Å². The Hall–Kier alpha value is -3.15. The molecular weight excluding hydrogens is 318 g/mol. The Kier molecular flexibility index (Phi) is 3.93. The molecule has 0 saturated carbocycles. The van der Waals surface area contributed by atoms with Crippen molar-refractivity contribution in [2.24, 2.45) is 0 Å². The van der Waals surface area contributed by atoms with E-state index in [-0.39, 0.29) is 24.1 Å². The molecule has 1 atom stereocenters. The van der Waals surface area contributed by atoms with E-state index in [0.717, 1.165) is 11.3 Å². The van der Waals surface area contributed by atoms with Crippen LogP contribution < -0.4 is 15.6 Å². The molecule has 0 unspecified atom stereocenters. The molecule has 0 bridgehead atoms. The molecule has 0 fully saturated rings. The van der Waals surface area contributed by atoms with Crippen LogP contribution in [0.5, 0.6) is 5.75 Å². The summed E-state index contributed by atoms with van der Waals surface area (Å²) in [5.74, 6) is 0.574. The maximum atomic E-state index is 12.5. The molecule has 1 amide bonds. The van der Waals surface area contributed by atoms with E-state index in [1.165, 1.54) is 10.9 Å². The number of amides is 1. The summed E-state index contributed by atoms with van der Waals surface area (Å²) in [4.78, 5) is 29.2. The van der Waals surface area contributed by atoms with E-state index in [4.69, 9.17) is 4.74 Å². The lowest BCUT2D eigenvalue weighted by atomic mass is 10.0. The smallest absolute Gasteiger partial charge is 0.261 e. The minimum atomic E-state index is -0.221. The van der Waals surface area contributed by atoms with Crippen LogP contribution in [0.2, 0.25) is 0 Å². The van der Waals surface area contributed by atoms with Gasteiger partial charge in [-0.2, -0.15) is 0 Å². The summed E-state index contributed by atoms with van der Waals surface area (Å²) in [6, 6.07) is 14.7. The quantitative estimate of drug-likeness (QED) is 0.795. The highest BCUT2D eigenvalue weighted by atomic mass is 16.5. The van der Waals surface area contributed by atoms with Gasteiger partial charge < -0.3 is 10.1 Å². The van der Waals surface area contributed by atoms with Gasteiger partial charge in [0.2, 0.25) is 5.91 Å². The van der Waals surface area contributed by atoms with Crippen molar-refractivity contribution in [1.82, 2.24) is 14.9 Å². The molecular formula is C19H17N3O3. The molecule has 4 rings (SSSR count). The van der Waals surface area contributed by atoms with Gasteiger partial charge in [0.25, 0.3) is 5.56 Å². The van der Waals surface area contributed by atoms with Crippen molar-refractivity contribution in [3.63, 3.8) is 0 Å². The maximum Gasteiger partial charge on any atom is 0.261 e. The number of hydrogen-bond donors (Lipinski definition) is 1. The lowest BCUT2D eigenvalue weighted by Crippen LogP contribution is -2.36. The molecule has 126 valence electrons. The number of carbonyl (C=O) groups excluding carboxylic acids is 1. The van der Waals surface area contributed by atoms with Crippen molar-refractivity contribution in [3.8, 4) is 5.75 Å². The first-order valence-corrected chi connectivity index (χ1v) is 8.17. The van der Waals surface area contributed by atoms with Crippen LogP contribution in [0.1, 0.15) is 18.0 Å². The van der Waals surface area contributed by atoms with E-state index in [2.05, 4.69) is 10.3 Å². The number of aromatic nitrogens is 2. The number of nitrogens with zero attached hydrogens (tertiary/aromatic N) is 2. The fourth-order valence-electron chi connectivity index (χ4n) is 3.11. The van der Waals surface area contributed by atoms with Crippen molar-refractivity contribution in [2.45, 2.75) is 19.0 Å². The zero-order valence-electron chi connectivity index (χ0n) is 13.5. The monoisotopic (exact) mass is 335 g/mol. The number of benzene rings is 2. The van der Waals surface area contributed by atoms with Crippen LogP contribution in [0.4, 0.5) is 0 Å². The molecule has 6 nitrogen and oxygen atoms in total. The molecule has 0 aliphatic carbocycles. The molecule has 0 radical (unpaired) electrons. The molecule has 2 aromatic carbocycles. The minimum absolute atomic E-state index is 0.0593. The van der Waals surface area contributed by atoms with Crippen molar-refractivity contribution < 1.29 is 9.53 Å². The summed E-state index contributed by atoms with van der Waals surface area (Å²) < 4.78 is 6.94. The van der Waals surface area contributed by atoms with Gasteiger partial charge >= 0.3 is 0 Å². The first kappa shape index (κ1) is 15.4. The summed E-state index contributed by atoms with van der Waals surface area (Å²) in [6.07, 6.45) is 2.12. The van der Waals surface area contributed by atoms with E-state index in [0.29, 0.717) is 23.9 Å². The highest BCUT2D eigenvalue weighted by molar-refractivity contribution is 5.79. The molecule has 1 aromatic heterocycles. The van der Waals surface area contributed by atoms with Crippen molar-refractivity contribution in [3.05, 3.63) is 70.8 Å². The van der Waals surface area contributed by atoms with Gasteiger partial charge in [0.1, 0.15) is 12.3 Å². The van der Waals surface area contributed by atoms with Gasteiger partial charge in [0, 0.05) is 12.0 Å². The standard InChI is InChI=1S/C19H17N3O3/c23-18(21-16-9-10-25-17-8-4-2-5-13(16)17)11-22-12-20-15-7-3-1-6-14(15)19(22)24/h1-8,12,16H,9-11H2,(H,21,23)/t16-/m0/s1. The zero-order chi connectivity index (χ0) is 17.2. The van der Waals surface area contributed by atoms with Crippen LogP contribution in [-0.4, -0.2) is 22.1 Å². The number of nitrogens with one attached hydrogen (secondary N) is 1. The van der Waals surface area contributed by atoms with Gasteiger partial charge in [0.15, 0.2) is 0 Å². The van der Waals surface area contributed by atoms with E-state index in [1.54, 1.807) is 18.2 Å². The minimum Gasteiger partial charge on any atom is -0.493 e. The second-order valence-electron chi connectivity index (χ2n) is 5.99. The Morgan fingerprint density at radius 1 is 1.20 bits per heavy atom. The molecule has 1 N–H and O–H groups in total. The normalized spacial score (nSPS) is 16.1. The number of carbonyl (C=O) groups is 1. The maximum absolute atomic E-state index is 12.5. The molecule has 1 aliphatic heterocycles. The number of para-hydroxylation sites is 2. The summed E-state index contributed by atoms with van der Waals surface area (Å²) in [6.45, 7) is 0.496. The van der Waals surface area contributed by atoms with Gasteiger partial charge in [0.05, 0.1) is 29.9 Å². The fourth-order valence-corrected chi connectivity index (χ4v) is 3.11. The van der Waals surface area contributed by atoms with E-state index in [9.17, 15) is 9.59 Å². The largest absolute Gasteiger partial charge is 0.493 e. The summed E-state index contributed by atoms with van der Waals surface area (Å²) in [5.41, 5.74) is 1.38. The Balaban J connectivity index is 1.54. The SMILES string of the molecule is O=C(Cn1cnc2ccccc2c1=O)N[C@H]1CCOc2ccccc21. The summed E-state index contributed by atoms with van der Waals surface area (Å²) in [5, 5.41) is 3.50. The van der Waals surface area contributed by atoms with Crippen LogP contribution >= 0.6 is 0 Å². The highest BCUT2D eigenvalue weighted by Crippen LogP contribution is 2.31. The lowest BCUT2D eigenvalue weighted by Gasteiger charge is -2.26. The third-order valence-corrected chi connectivity index (χ3v) is 4.34. The van der Waals surface area contributed by atoms with Gasteiger partial charge in [-0.3, -0.25) is 14.2 Å². The van der Waals surface area contributed by atoms with Crippen LogP contribution in [0, 0.1) is 0 Å². The summed E-state index contributed by atoms with van der Waals surface area (Å²) >= 11 is 0. The fraction of sp³-hybridized carbons (Fsp3) is 0.211. The number of ether oxygens (including phenoxy) is 1. The number of hydrogen-bond acceptors (Lipinski definition) is 4.